The fraction of sp³-hybridized carbons (Fsp3) is 0.111. The predicted octanol–water partition coefficient (Wildman–Crippen LogP) is 12.4. The molecule has 8 aromatic carbocycles. The van der Waals surface area contributed by atoms with Crippen LogP contribution < -0.4 is 21.2 Å². The first-order valence-electron chi connectivity index (χ1n) is 20.6. The van der Waals surface area contributed by atoms with Crippen LogP contribution in [-0.2, 0) is 6.42 Å². The Morgan fingerprint density at radius 2 is 0.825 bits per heavy atom. The normalized spacial score (nSPS) is 12.2. The molecule has 2 nitrogen and oxygen atoms in total. The number of unbranched alkanes of at least 4 members (excludes halogenated alkanes) is 3. The molecule has 0 N–H and O–H groups in total. The summed E-state index contributed by atoms with van der Waals surface area (Å²) < 4.78 is 4.91. The molecule has 2 aromatic heterocycles. The molecule has 0 saturated carbocycles. The number of para-hydroxylation sites is 3. The van der Waals surface area contributed by atoms with E-state index in [9.17, 15) is 0 Å². The summed E-state index contributed by atoms with van der Waals surface area (Å²) in [5.74, 6) is 0. The van der Waals surface area contributed by atoms with E-state index in [1.807, 2.05) is 0 Å². The number of aryl methyl sites for hydroxylation is 1. The molecule has 0 aliphatic carbocycles. The molecule has 0 spiro atoms. The second kappa shape index (κ2) is 15.0. The summed E-state index contributed by atoms with van der Waals surface area (Å²) in [5.41, 5.74) is 8.76. The van der Waals surface area contributed by atoms with E-state index in [2.05, 4.69) is 216 Å². The average Bonchev–Trinajstić information content (AvgIpc) is 3.79. The van der Waals surface area contributed by atoms with Crippen LogP contribution in [0.1, 0.15) is 38.2 Å². The van der Waals surface area contributed by atoms with Crippen LogP contribution >= 0.6 is 7.26 Å². The van der Waals surface area contributed by atoms with Crippen LogP contribution in [0.3, 0.4) is 0 Å². The summed E-state index contributed by atoms with van der Waals surface area (Å²) in [6, 6.07) is 75.3. The summed E-state index contributed by atoms with van der Waals surface area (Å²) in [5, 5.41) is 10.7. The van der Waals surface area contributed by atoms with E-state index < -0.39 is 7.26 Å². The monoisotopic (exact) mass is 754 g/mol. The number of rotatable bonds is 11. The molecule has 278 valence electrons. The molecule has 0 aliphatic heterocycles. The van der Waals surface area contributed by atoms with Crippen LogP contribution in [0.15, 0.2) is 200 Å². The molecule has 0 bridgehead atoms. The van der Waals surface area contributed by atoms with Gasteiger partial charge in [0.05, 0.1) is 0 Å². The van der Waals surface area contributed by atoms with Crippen LogP contribution in [0.25, 0.3) is 55.0 Å². The third-order valence-corrected chi connectivity index (χ3v) is 16.9. The second-order valence-electron chi connectivity index (χ2n) is 15.5. The van der Waals surface area contributed by atoms with Gasteiger partial charge in [0.25, 0.3) is 0 Å². The predicted molar refractivity (Wildman–Crippen MR) is 249 cm³/mol. The van der Waals surface area contributed by atoms with E-state index in [1.54, 1.807) is 0 Å². The first-order valence-corrected chi connectivity index (χ1v) is 22.6. The van der Waals surface area contributed by atoms with Gasteiger partial charge in [0.2, 0.25) is 0 Å². The Morgan fingerprint density at radius 3 is 1.39 bits per heavy atom. The third-order valence-electron chi connectivity index (χ3n) is 12.1. The number of benzene rings is 8. The van der Waals surface area contributed by atoms with Crippen LogP contribution in [0.2, 0.25) is 0 Å². The maximum absolute atomic E-state index is 2.90. The summed E-state index contributed by atoms with van der Waals surface area (Å²) >= 11 is 0. The summed E-state index contributed by atoms with van der Waals surface area (Å²) in [6.45, 7) is 2.29. The van der Waals surface area contributed by atoms with Crippen LogP contribution in [0.4, 0.5) is 0 Å². The van der Waals surface area contributed by atoms with Crippen molar-refractivity contribution in [1.29, 1.82) is 0 Å². The van der Waals surface area contributed by atoms with E-state index >= 15 is 0 Å². The summed E-state index contributed by atoms with van der Waals surface area (Å²) in [6.07, 6.45) is 6.17. The molecule has 57 heavy (non-hydrogen) atoms. The van der Waals surface area contributed by atoms with Gasteiger partial charge in [-0.25, -0.2) is 0 Å². The van der Waals surface area contributed by atoms with Gasteiger partial charge in [-0.3, -0.25) is 0 Å². The van der Waals surface area contributed by atoms with E-state index in [0.717, 1.165) is 6.42 Å². The van der Waals surface area contributed by atoms with Crippen molar-refractivity contribution in [3.63, 3.8) is 0 Å². The van der Waals surface area contributed by atoms with Crippen LogP contribution in [0.5, 0.6) is 0 Å². The van der Waals surface area contributed by atoms with Crippen molar-refractivity contribution in [2.24, 2.45) is 0 Å². The van der Waals surface area contributed by atoms with Gasteiger partial charge in [-0.1, -0.05) is 6.92 Å². The summed E-state index contributed by atoms with van der Waals surface area (Å²) in [7, 11) is -2.90. The van der Waals surface area contributed by atoms with E-state index in [-0.39, 0.29) is 0 Å². The van der Waals surface area contributed by atoms with Crippen LogP contribution in [-0.4, -0.2) is 9.13 Å². The summed E-state index contributed by atoms with van der Waals surface area (Å²) in [4.78, 5) is 0. The van der Waals surface area contributed by atoms with Gasteiger partial charge < -0.3 is 0 Å². The second-order valence-corrected chi connectivity index (χ2v) is 19.3. The quantitative estimate of drug-likeness (QED) is 0.0919. The van der Waals surface area contributed by atoms with E-state index in [1.165, 1.54) is 107 Å². The molecule has 10 rings (SSSR count). The molecule has 10 aromatic rings. The fourth-order valence-electron chi connectivity index (χ4n) is 9.50. The van der Waals surface area contributed by atoms with E-state index in [0.29, 0.717) is 0 Å². The van der Waals surface area contributed by atoms with Gasteiger partial charge in [-0.05, 0) is 0 Å². The molecule has 0 aliphatic rings. The number of hydrogen-bond donors (Lipinski definition) is 0. The molecule has 0 saturated heterocycles. The van der Waals surface area contributed by atoms with Crippen molar-refractivity contribution >= 4 is 72.1 Å². The van der Waals surface area contributed by atoms with E-state index in [4.69, 9.17) is 0 Å². The molecular weight excluding hydrogens is 708 g/mol. The molecule has 0 radical (unpaired) electrons. The first kappa shape index (κ1) is 35.2. The Morgan fingerprint density at radius 1 is 0.351 bits per heavy atom. The van der Waals surface area contributed by atoms with Crippen molar-refractivity contribution in [3.8, 4) is 11.4 Å². The first-order chi connectivity index (χ1) is 28.3. The van der Waals surface area contributed by atoms with Crippen molar-refractivity contribution in [3.05, 3.63) is 206 Å². The Labute approximate surface area is 336 Å². The average molecular weight is 755 g/mol. The molecule has 0 atom stereocenters. The molecular formula is C54H47N2P. The van der Waals surface area contributed by atoms with Gasteiger partial charge >= 0.3 is 330 Å². The Balaban J connectivity index is 1.26. The zero-order valence-electron chi connectivity index (χ0n) is 32.5. The fourth-order valence-corrected chi connectivity index (χ4v) is 14.3. The van der Waals surface area contributed by atoms with Gasteiger partial charge in [0, 0.05) is 0 Å². The van der Waals surface area contributed by atoms with Crippen molar-refractivity contribution in [2.45, 2.75) is 39.0 Å². The zero-order chi connectivity index (χ0) is 38.2. The minimum atomic E-state index is -2.90. The Kier molecular flexibility index (Phi) is 9.29. The number of aromatic nitrogens is 2. The molecule has 3 heteroatoms. The van der Waals surface area contributed by atoms with Crippen molar-refractivity contribution in [2.75, 3.05) is 0 Å². The van der Waals surface area contributed by atoms with Gasteiger partial charge in [-0.2, -0.15) is 0 Å². The van der Waals surface area contributed by atoms with Crippen molar-refractivity contribution in [1.82, 2.24) is 9.13 Å². The van der Waals surface area contributed by atoms with Gasteiger partial charge in [-0.15, -0.1) is 0 Å². The van der Waals surface area contributed by atoms with Gasteiger partial charge in [0.1, 0.15) is 0 Å². The van der Waals surface area contributed by atoms with Gasteiger partial charge in [0.15, 0.2) is 0 Å². The zero-order valence-corrected chi connectivity index (χ0v) is 33.5. The Hall–Kier alpha value is -6.21. The number of hydrogen-bond acceptors (Lipinski definition) is 0. The third kappa shape index (κ3) is 5.99. The van der Waals surface area contributed by atoms with Crippen molar-refractivity contribution < 1.29 is 0 Å². The minimum absolute atomic E-state index is 1.11. The molecule has 2 heterocycles. The standard InChI is InChI=1S/C54H47N2P/c1-2-3-4-9-20-40-31-34-48-50-39-46(33-36-53(50)56(54(48)37-40)42-23-12-6-13-24-42)57(43-25-14-7-15-26-43,44-27-16-8-17-28-44)45-32-35-52-49(38-45)47-29-18-19-30-51(47)55(52)41-21-10-5-11-22-41/h5-8,10-19,21-39,57H,2-4,9,20H2,1H3. The molecule has 0 fully saturated rings. The Bertz CT molecular complexity index is 2940. The molecule has 0 unspecified atom stereocenters. The topological polar surface area (TPSA) is 9.86 Å². The van der Waals surface area contributed by atoms with Crippen LogP contribution in [0, 0.1) is 0 Å². The SMILES string of the molecule is CCCCCCc1ccc2c3cc([PH](c4ccccc4)(c4ccccc4)c4ccc5c(c4)c4ccccc4n5-c4ccccc4)ccc3n(-c3ccccc3)c2c1. The maximum atomic E-state index is 2.56. The number of fused-ring (bicyclic) bond motifs is 6. The molecule has 0 amide bonds. The number of nitrogens with zero attached hydrogens (tertiary/aromatic N) is 2.